The largest absolute Gasteiger partial charge is 0.335 e. The van der Waals surface area contributed by atoms with Gasteiger partial charge in [-0.15, -0.1) is 0 Å². The van der Waals surface area contributed by atoms with Crippen molar-refractivity contribution in [1.29, 1.82) is 0 Å². The molecule has 0 unspecified atom stereocenters. The number of amides is 2. The summed E-state index contributed by atoms with van der Waals surface area (Å²) < 4.78 is 13.4. The first-order chi connectivity index (χ1) is 8.16. The van der Waals surface area contributed by atoms with Crippen LogP contribution in [0.5, 0.6) is 0 Å². The van der Waals surface area contributed by atoms with Gasteiger partial charge in [0.05, 0.1) is 0 Å². The normalized spacial score (nSPS) is 15.2. The van der Waals surface area contributed by atoms with Crippen molar-refractivity contribution in [3.05, 3.63) is 35.6 Å². The fraction of sp³-hybridized carbons (Fsp3) is 0.462. The number of benzene rings is 1. The monoisotopic (exact) mass is 236 g/mol. The summed E-state index contributed by atoms with van der Waals surface area (Å²) in [5, 5.41) is 2.92. The van der Waals surface area contributed by atoms with Gasteiger partial charge in [0, 0.05) is 25.2 Å². The molecule has 2 rings (SSSR count). The number of urea groups is 1. The van der Waals surface area contributed by atoms with Gasteiger partial charge in [-0.3, -0.25) is 0 Å². The number of nitrogens with one attached hydrogen (secondary N) is 1. The molecule has 0 bridgehead atoms. The van der Waals surface area contributed by atoms with Crippen molar-refractivity contribution < 1.29 is 9.18 Å². The highest BCUT2D eigenvalue weighted by Gasteiger charge is 2.21. The Hall–Kier alpha value is -1.58. The van der Waals surface area contributed by atoms with E-state index in [1.54, 1.807) is 25.2 Å². The first-order valence-electron chi connectivity index (χ1n) is 5.92. The SMILES string of the molecule is CN(Cc1ccccc1F)C(=O)NC1CCC1. The molecule has 1 aromatic carbocycles. The molecule has 0 saturated heterocycles. The van der Waals surface area contributed by atoms with Crippen LogP contribution in [0.2, 0.25) is 0 Å². The van der Waals surface area contributed by atoms with E-state index in [1.165, 1.54) is 17.4 Å². The van der Waals surface area contributed by atoms with Crippen molar-refractivity contribution in [2.24, 2.45) is 0 Å². The highest BCUT2D eigenvalue weighted by atomic mass is 19.1. The van der Waals surface area contributed by atoms with Crippen molar-refractivity contribution in [3.63, 3.8) is 0 Å². The summed E-state index contributed by atoms with van der Waals surface area (Å²) in [4.78, 5) is 13.3. The lowest BCUT2D eigenvalue weighted by Crippen LogP contribution is -2.45. The quantitative estimate of drug-likeness (QED) is 0.859. The van der Waals surface area contributed by atoms with Gasteiger partial charge < -0.3 is 10.2 Å². The summed E-state index contributed by atoms with van der Waals surface area (Å²) in [5.74, 6) is -0.268. The summed E-state index contributed by atoms with van der Waals surface area (Å²) in [5.41, 5.74) is 0.541. The van der Waals surface area contributed by atoms with E-state index in [1.807, 2.05) is 0 Å². The molecular weight excluding hydrogens is 219 g/mol. The van der Waals surface area contributed by atoms with E-state index in [0.717, 1.165) is 12.8 Å². The minimum Gasteiger partial charge on any atom is -0.335 e. The zero-order chi connectivity index (χ0) is 12.3. The summed E-state index contributed by atoms with van der Waals surface area (Å²) in [6.45, 7) is 0.297. The fourth-order valence-corrected chi connectivity index (χ4v) is 1.79. The van der Waals surface area contributed by atoms with Crippen molar-refractivity contribution >= 4 is 6.03 Å². The summed E-state index contributed by atoms with van der Waals surface area (Å²) in [7, 11) is 1.68. The second kappa shape index (κ2) is 5.17. The van der Waals surface area contributed by atoms with Crippen LogP contribution in [0.1, 0.15) is 24.8 Å². The Morgan fingerprint density at radius 1 is 1.47 bits per heavy atom. The smallest absolute Gasteiger partial charge is 0.317 e. The maximum Gasteiger partial charge on any atom is 0.317 e. The van der Waals surface area contributed by atoms with Crippen LogP contribution < -0.4 is 5.32 Å². The second-order valence-corrected chi connectivity index (χ2v) is 4.52. The average molecular weight is 236 g/mol. The van der Waals surface area contributed by atoms with E-state index in [-0.39, 0.29) is 11.8 Å². The van der Waals surface area contributed by atoms with E-state index in [9.17, 15) is 9.18 Å². The molecule has 0 aromatic heterocycles. The van der Waals surface area contributed by atoms with E-state index in [4.69, 9.17) is 0 Å². The number of carbonyl (C=O) groups excluding carboxylic acids is 1. The lowest BCUT2D eigenvalue weighted by Gasteiger charge is -2.29. The third-order valence-corrected chi connectivity index (χ3v) is 3.14. The molecule has 0 atom stereocenters. The zero-order valence-corrected chi connectivity index (χ0v) is 9.95. The van der Waals surface area contributed by atoms with Crippen LogP contribution in [0, 0.1) is 5.82 Å². The van der Waals surface area contributed by atoms with Crippen molar-refractivity contribution in [1.82, 2.24) is 10.2 Å². The van der Waals surface area contributed by atoms with Crippen LogP contribution in [-0.2, 0) is 6.54 Å². The van der Waals surface area contributed by atoms with Crippen LogP contribution in [0.4, 0.5) is 9.18 Å². The number of hydrogen-bond acceptors (Lipinski definition) is 1. The van der Waals surface area contributed by atoms with E-state index < -0.39 is 0 Å². The highest BCUT2D eigenvalue weighted by Crippen LogP contribution is 2.18. The topological polar surface area (TPSA) is 32.3 Å². The Kier molecular flexibility index (Phi) is 3.61. The average Bonchev–Trinajstić information content (AvgIpc) is 2.26. The molecule has 1 N–H and O–H groups in total. The van der Waals surface area contributed by atoms with Crippen LogP contribution in [-0.4, -0.2) is 24.0 Å². The molecule has 0 spiro atoms. The minimum absolute atomic E-state index is 0.127. The molecule has 4 heteroatoms. The maximum absolute atomic E-state index is 13.4. The Balaban J connectivity index is 1.89. The number of carbonyl (C=O) groups is 1. The molecule has 92 valence electrons. The van der Waals surface area contributed by atoms with Gasteiger partial charge in [-0.1, -0.05) is 18.2 Å². The van der Waals surface area contributed by atoms with Crippen LogP contribution in [0.15, 0.2) is 24.3 Å². The summed E-state index contributed by atoms with van der Waals surface area (Å²) in [6, 6.07) is 6.71. The number of halogens is 1. The molecule has 1 fully saturated rings. The lowest BCUT2D eigenvalue weighted by molar-refractivity contribution is 0.194. The Labute approximate surface area is 101 Å². The van der Waals surface area contributed by atoms with E-state index in [0.29, 0.717) is 18.2 Å². The molecular formula is C13H17FN2O. The number of nitrogens with zero attached hydrogens (tertiary/aromatic N) is 1. The molecule has 0 aliphatic heterocycles. The molecule has 3 nitrogen and oxygen atoms in total. The molecule has 1 aliphatic rings. The third kappa shape index (κ3) is 2.96. The van der Waals surface area contributed by atoms with E-state index in [2.05, 4.69) is 5.32 Å². The third-order valence-electron chi connectivity index (χ3n) is 3.14. The molecule has 1 saturated carbocycles. The molecule has 0 heterocycles. The first kappa shape index (κ1) is 11.9. The van der Waals surface area contributed by atoms with Crippen LogP contribution in [0.25, 0.3) is 0 Å². The van der Waals surface area contributed by atoms with Crippen LogP contribution in [0.3, 0.4) is 0 Å². The zero-order valence-electron chi connectivity index (χ0n) is 9.95. The maximum atomic E-state index is 13.4. The Morgan fingerprint density at radius 2 is 2.18 bits per heavy atom. The predicted octanol–water partition coefficient (Wildman–Crippen LogP) is 2.52. The van der Waals surface area contributed by atoms with Gasteiger partial charge in [0.2, 0.25) is 0 Å². The fourth-order valence-electron chi connectivity index (χ4n) is 1.79. The van der Waals surface area contributed by atoms with Gasteiger partial charge in [-0.2, -0.15) is 0 Å². The van der Waals surface area contributed by atoms with E-state index >= 15 is 0 Å². The number of rotatable bonds is 3. The van der Waals surface area contributed by atoms with Crippen LogP contribution >= 0.6 is 0 Å². The van der Waals surface area contributed by atoms with Gasteiger partial charge in [0.15, 0.2) is 0 Å². The molecule has 1 aliphatic carbocycles. The second-order valence-electron chi connectivity index (χ2n) is 4.52. The first-order valence-corrected chi connectivity index (χ1v) is 5.92. The summed E-state index contributed by atoms with van der Waals surface area (Å²) in [6.07, 6.45) is 3.29. The van der Waals surface area contributed by atoms with Gasteiger partial charge >= 0.3 is 6.03 Å². The van der Waals surface area contributed by atoms with Crippen molar-refractivity contribution in [2.75, 3.05) is 7.05 Å². The lowest BCUT2D eigenvalue weighted by atomic mass is 9.93. The van der Waals surface area contributed by atoms with Gasteiger partial charge in [0.25, 0.3) is 0 Å². The molecule has 0 radical (unpaired) electrons. The van der Waals surface area contributed by atoms with Gasteiger partial charge in [0.1, 0.15) is 5.82 Å². The summed E-state index contributed by atoms with van der Waals surface area (Å²) >= 11 is 0. The van der Waals surface area contributed by atoms with Gasteiger partial charge in [-0.25, -0.2) is 9.18 Å². The van der Waals surface area contributed by atoms with Crippen molar-refractivity contribution in [3.8, 4) is 0 Å². The molecule has 2 amide bonds. The van der Waals surface area contributed by atoms with Gasteiger partial charge in [-0.05, 0) is 25.3 Å². The Bertz CT molecular complexity index is 404. The Morgan fingerprint density at radius 3 is 2.76 bits per heavy atom. The predicted molar refractivity (Wildman–Crippen MR) is 64.0 cm³/mol. The highest BCUT2D eigenvalue weighted by molar-refractivity contribution is 5.74. The molecule has 1 aromatic rings. The number of hydrogen-bond donors (Lipinski definition) is 1. The molecule has 17 heavy (non-hydrogen) atoms. The minimum atomic E-state index is -0.268. The standard InChI is InChI=1S/C13H17FN2O/c1-16(13(17)15-11-6-4-7-11)9-10-5-2-3-8-12(10)14/h2-3,5,8,11H,4,6-7,9H2,1H3,(H,15,17). The van der Waals surface area contributed by atoms with Crippen molar-refractivity contribution in [2.45, 2.75) is 31.8 Å².